The van der Waals surface area contributed by atoms with Crippen molar-refractivity contribution in [1.29, 1.82) is 0 Å². The third-order valence-corrected chi connectivity index (χ3v) is 6.01. The van der Waals surface area contributed by atoms with Crippen molar-refractivity contribution in [3.8, 4) is 0 Å². The number of carbonyl (C=O) groups is 2. The summed E-state index contributed by atoms with van der Waals surface area (Å²) in [4.78, 5) is 42.1. The number of fused-ring (bicyclic) bond motifs is 1. The quantitative estimate of drug-likeness (QED) is 0.639. The SMILES string of the molecule is Cc1ccnc(CC(C)N(C)C(=O)c2cnc3c(c2)N(Cc2cscn2)C(=O)CN3)c1. The Hall–Kier alpha value is -3.33. The standard InChI is InChI=1S/C22H24N6O2S/c1-14-4-5-23-17(6-14)7-15(2)27(3)22(30)16-8-19-21(24-9-16)25-10-20(29)28(19)11-18-12-31-13-26-18/h4-6,8-9,12-13,15H,7,10-11H2,1-3H3,(H,24,25). The molecule has 1 aliphatic rings. The summed E-state index contributed by atoms with van der Waals surface area (Å²) in [6, 6.07) is 5.66. The third kappa shape index (κ3) is 4.56. The summed E-state index contributed by atoms with van der Waals surface area (Å²) >= 11 is 1.48. The summed E-state index contributed by atoms with van der Waals surface area (Å²) < 4.78 is 0. The van der Waals surface area contributed by atoms with Crippen molar-refractivity contribution in [2.75, 3.05) is 23.8 Å². The number of aryl methyl sites for hydroxylation is 1. The van der Waals surface area contributed by atoms with Crippen molar-refractivity contribution in [1.82, 2.24) is 19.9 Å². The average molecular weight is 437 g/mol. The van der Waals surface area contributed by atoms with Gasteiger partial charge < -0.3 is 15.1 Å². The van der Waals surface area contributed by atoms with Crippen molar-refractivity contribution < 1.29 is 9.59 Å². The van der Waals surface area contributed by atoms with Crippen molar-refractivity contribution in [3.05, 3.63) is 64.0 Å². The van der Waals surface area contributed by atoms with Gasteiger partial charge in [0, 0.05) is 43.0 Å². The van der Waals surface area contributed by atoms with E-state index >= 15 is 0 Å². The molecule has 0 spiro atoms. The zero-order chi connectivity index (χ0) is 22.0. The second-order valence-electron chi connectivity index (χ2n) is 7.70. The largest absolute Gasteiger partial charge is 0.359 e. The minimum absolute atomic E-state index is 0.0521. The number of nitrogens with one attached hydrogen (secondary N) is 1. The maximum atomic E-state index is 13.2. The van der Waals surface area contributed by atoms with Gasteiger partial charge in [-0.05, 0) is 37.6 Å². The first-order chi connectivity index (χ1) is 14.9. The van der Waals surface area contributed by atoms with E-state index in [1.165, 1.54) is 11.3 Å². The van der Waals surface area contributed by atoms with Gasteiger partial charge in [0.25, 0.3) is 5.91 Å². The topological polar surface area (TPSA) is 91.3 Å². The van der Waals surface area contributed by atoms with Crippen molar-refractivity contribution >= 4 is 34.7 Å². The fourth-order valence-electron chi connectivity index (χ4n) is 3.51. The molecule has 8 nitrogen and oxygen atoms in total. The Bertz CT molecular complexity index is 1100. The molecule has 0 aromatic carbocycles. The highest BCUT2D eigenvalue weighted by Crippen LogP contribution is 2.30. The molecular weight excluding hydrogens is 412 g/mol. The van der Waals surface area contributed by atoms with Gasteiger partial charge in [-0.2, -0.15) is 0 Å². The second kappa shape index (κ2) is 8.81. The van der Waals surface area contributed by atoms with Crippen LogP contribution in [0.5, 0.6) is 0 Å². The number of rotatable bonds is 6. The van der Waals surface area contributed by atoms with E-state index in [0.29, 0.717) is 30.0 Å². The number of likely N-dealkylation sites (N-methyl/N-ethyl adjacent to an activating group) is 1. The van der Waals surface area contributed by atoms with Gasteiger partial charge in [0.1, 0.15) is 0 Å². The molecule has 0 radical (unpaired) electrons. The predicted molar refractivity (Wildman–Crippen MR) is 120 cm³/mol. The lowest BCUT2D eigenvalue weighted by Gasteiger charge is -2.30. The van der Waals surface area contributed by atoms with Crippen LogP contribution < -0.4 is 10.2 Å². The number of hydrogen-bond donors (Lipinski definition) is 1. The first kappa shape index (κ1) is 20.9. The number of nitrogens with zero attached hydrogens (tertiary/aromatic N) is 5. The number of amides is 2. The number of anilines is 2. The fourth-order valence-corrected chi connectivity index (χ4v) is 4.06. The van der Waals surface area contributed by atoms with E-state index in [1.807, 2.05) is 31.4 Å². The van der Waals surface area contributed by atoms with Crippen LogP contribution in [0.1, 0.15) is 34.2 Å². The number of hydrogen-bond acceptors (Lipinski definition) is 7. The molecule has 0 bridgehead atoms. The lowest BCUT2D eigenvalue weighted by atomic mass is 10.1. The van der Waals surface area contributed by atoms with Crippen LogP contribution in [0.3, 0.4) is 0 Å². The molecule has 0 saturated heterocycles. The molecule has 1 aliphatic heterocycles. The molecule has 4 rings (SSSR count). The zero-order valence-corrected chi connectivity index (χ0v) is 18.5. The number of carbonyl (C=O) groups excluding carboxylic acids is 2. The smallest absolute Gasteiger partial charge is 0.255 e. The summed E-state index contributed by atoms with van der Waals surface area (Å²) in [5.41, 5.74) is 5.66. The second-order valence-corrected chi connectivity index (χ2v) is 8.42. The van der Waals surface area contributed by atoms with E-state index in [1.54, 1.807) is 40.8 Å². The van der Waals surface area contributed by atoms with Gasteiger partial charge in [0.05, 0.1) is 35.5 Å². The number of pyridine rings is 2. The van der Waals surface area contributed by atoms with Crippen molar-refractivity contribution in [2.45, 2.75) is 32.9 Å². The molecule has 0 aliphatic carbocycles. The monoisotopic (exact) mass is 436 g/mol. The van der Waals surface area contributed by atoms with Crippen LogP contribution in [-0.2, 0) is 17.8 Å². The highest BCUT2D eigenvalue weighted by molar-refractivity contribution is 7.07. The first-order valence-electron chi connectivity index (χ1n) is 10.0. The van der Waals surface area contributed by atoms with Crippen LogP contribution in [0.2, 0.25) is 0 Å². The van der Waals surface area contributed by atoms with Crippen LogP contribution in [0.25, 0.3) is 0 Å². The predicted octanol–water partition coefficient (Wildman–Crippen LogP) is 2.90. The van der Waals surface area contributed by atoms with Crippen LogP contribution >= 0.6 is 11.3 Å². The van der Waals surface area contributed by atoms with Gasteiger partial charge in [-0.25, -0.2) is 9.97 Å². The van der Waals surface area contributed by atoms with Crippen LogP contribution in [0.4, 0.5) is 11.5 Å². The molecule has 31 heavy (non-hydrogen) atoms. The molecular formula is C22H24N6O2S. The van der Waals surface area contributed by atoms with Gasteiger partial charge in [-0.15, -0.1) is 11.3 Å². The van der Waals surface area contributed by atoms with Gasteiger partial charge in [0.15, 0.2) is 5.82 Å². The molecule has 3 aromatic heterocycles. The minimum Gasteiger partial charge on any atom is -0.359 e. The van der Waals surface area contributed by atoms with Gasteiger partial charge in [-0.1, -0.05) is 0 Å². The number of thiazole rings is 1. The number of aromatic nitrogens is 3. The van der Waals surface area contributed by atoms with E-state index in [0.717, 1.165) is 17.0 Å². The Morgan fingerprint density at radius 3 is 2.87 bits per heavy atom. The summed E-state index contributed by atoms with van der Waals surface area (Å²) in [5.74, 6) is 0.354. The fraction of sp³-hybridized carbons (Fsp3) is 0.318. The highest BCUT2D eigenvalue weighted by atomic mass is 32.1. The van der Waals surface area contributed by atoms with Crippen molar-refractivity contribution in [3.63, 3.8) is 0 Å². The Balaban J connectivity index is 1.54. The Morgan fingerprint density at radius 1 is 1.29 bits per heavy atom. The average Bonchev–Trinajstić information content (AvgIpc) is 3.27. The Labute approximate surface area is 185 Å². The summed E-state index contributed by atoms with van der Waals surface area (Å²) in [6.45, 7) is 4.53. The summed E-state index contributed by atoms with van der Waals surface area (Å²) in [6.07, 6.45) is 3.99. The van der Waals surface area contributed by atoms with E-state index in [9.17, 15) is 9.59 Å². The molecule has 1 atom stereocenters. The maximum Gasteiger partial charge on any atom is 0.255 e. The van der Waals surface area contributed by atoms with Gasteiger partial charge in [0.2, 0.25) is 5.91 Å². The van der Waals surface area contributed by atoms with Gasteiger partial charge in [-0.3, -0.25) is 14.6 Å². The minimum atomic E-state index is -0.151. The molecule has 3 aromatic rings. The maximum absolute atomic E-state index is 13.2. The zero-order valence-electron chi connectivity index (χ0n) is 17.7. The molecule has 9 heteroatoms. The van der Waals surface area contributed by atoms with Crippen LogP contribution in [0.15, 0.2) is 41.5 Å². The highest BCUT2D eigenvalue weighted by Gasteiger charge is 2.28. The van der Waals surface area contributed by atoms with E-state index < -0.39 is 0 Å². The Kier molecular flexibility index (Phi) is 5.94. The lowest BCUT2D eigenvalue weighted by Crippen LogP contribution is -2.40. The lowest BCUT2D eigenvalue weighted by molar-refractivity contribution is -0.117. The normalized spacial score (nSPS) is 14.0. The van der Waals surface area contributed by atoms with Crippen LogP contribution in [-0.4, -0.2) is 51.3 Å². The molecule has 0 saturated carbocycles. The van der Waals surface area contributed by atoms with E-state index in [4.69, 9.17) is 0 Å². The molecule has 4 heterocycles. The summed E-state index contributed by atoms with van der Waals surface area (Å²) in [7, 11) is 1.78. The first-order valence-corrected chi connectivity index (χ1v) is 11.0. The molecule has 0 fully saturated rings. The molecule has 160 valence electrons. The molecule has 1 N–H and O–H groups in total. The third-order valence-electron chi connectivity index (χ3n) is 5.38. The van der Waals surface area contributed by atoms with E-state index in [2.05, 4.69) is 20.3 Å². The molecule has 2 amide bonds. The van der Waals surface area contributed by atoms with E-state index in [-0.39, 0.29) is 24.4 Å². The van der Waals surface area contributed by atoms with Gasteiger partial charge >= 0.3 is 0 Å². The summed E-state index contributed by atoms with van der Waals surface area (Å²) in [5, 5.41) is 4.93. The molecule has 1 unspecified atom stereocenters. The van der Waals surface area contributed by atoms with Crippen molar-refractivity contribution in [2.24, 2.45) is 0 Å². The van der Waals surface area contributed by atoms with Crippen LogP contribution in [0, 0.1) is 6.92 Å². The Morgan fingerprint density at radius 2 is 2.13 bits per heavy atom.